The molecule has 3 amide bonds. The monoisotopic (exact) mass is 473 g/mol. The Bertz CT molecular complexity index is 578. The predicted octanol–water partition coefficient (Wildman–Crippen LogP) is 4.36. The summed E-state index contributed by atoms with van der Waals surface area (Å²) in [5.74, 6) is 1.46. The van der Waals surface area contributed by atoms with Gasteiger partial charge in [-0.2, -0.15) is 0 Å². The van der Waals surface area contributed by atoms with Gasteiger partial charge in [0.1, 0.15) is 0 Å². The second kappa shape index (κ2) is 15.1. The Kier molecular flexibility index (Phi) is 12.4. The van der Waals surface area contributed by atoms with Crippen LogP contribution in [0.1, 0.15) is 70.6 Å². The van der Waals surface area contributed by atoms with Crippen LogP contribution in [-0.2, 0) is 13.7 Å². The van der Waals surface area contributed by atoms with Crippen LogP contribution in [0.25, 0.3) is 0 Å². The third kappa shape index (κ3) is 10.7. The lowest BCUT2D eigenvalue weighted by Crippen LogP contribution is -2.39. The molecule has 2 aliphatic carbocycles. The molecule has 0 spiro atoms. The summed E-state index contributed by atoms with van der Waals surface area (Å²) in [6.45, 7) is 0.641. The quantitative estimate of drug-likeness (QED) is 0.319. The third-order valence-electron chi connectivity index (χ3n) is 6.37. The average molecular weight is 474 g/mol. The summed E-state index contributed by atoms with van der Waals surface area (Å²) in [7, 11) is 1.52. The number of carbonyl (C=O) groups excluding carboxylic acids is 3. The Morgan fingerprint density at radius 3 is 1.69 bits per heavy atom. The summed E-state index contributed by atoms with van der Waals surface area (Å²) in [6, 6.07) is 0.429. The van der Waals surface area contributed by atoms with Crippen molar-refractivity contribution in [3.63, 3.8) is 0 Å². The Morgan fingerprint density at radius 2 is 1.22 bits per heavy atom. The topological polar surface area (TPSA) is 115 Å². The summed E-state index contributed by atoms with van der Waals surface area (Å²) in [4.78, 5) is 34.4. The van der Waals surface area contributed by atoms with E-state index in [0.29, 0.717) is 26.1 Å². The first-order valence-corrected chi connectivity index (χ1v) is 12.9. The van der Waals surface area contributed by atoms with Gasteiger partial charge in [0.25, 0.3) is 0 Å². The molecule has 3 N–H and O–H groups in total. The normalized spacial score (nSPS) is 25.3. The molecule has 9 nitrogen and oxygen atoms in total. The van der Waals surface area contributed by atoms with Gasteiger partial charge in [-0.3, -0.25) is 0 Å². The molecule has 0 aromatic carbocycles. The zero-order valence-corrected chi connectivity index (χ0v) is 20.2. The van der Waals surface area contributed by atoms with E-state index in [1.165, 1.54) is 13.5 Å². The molecule has 2 rings (SSSR count). The first-order valence-electron chi connectivity index (χ1n) is 11.8. The molecule has 0 radical (unpaired) electrons. The molecule has 184 valence electrons. The number of rotatable bonds is 10. The minimum absolute atomic E-state index is 0.192. The highest BCUT2D eigenvalue weighted by Gasteiger charge is 2.28. The van der Waals surface area contributed by atoms with E-state index in [9.17, 15) is 14.4 Å². The molecule has 2 aliphatic rings. The Balaban J connectivity index is 1.50. The van der Waals surface area contributed by atoms with Crippen molar-refractivity contribution in [3.05, 3.63) is 0 Å². The highest BCUT2D eigenvalue weighted by molar-refractivity contribution is 7.94. The smallest absolute Gasteiger partial charge is 0.419 e. The number of unbranched alkanes of at least 4 members (excludes halogenated alkanes) is 1. The molecule has 0 unspecified atom stereocenters. The highest BCUT2D eigenvalue weighted by Crippen LogP contribution is 2.35. The van der Waals surface area contributed by atoms with E-state index in [-0.39, 0.29) is 24.3 Å². The molecule has 32 heavy (non-hydrogen) atoms. The van der Waals surface area contributed by atoms with Gasteiger partial charge in [0.2, 0.25) is 0 Å². The molecular weight excluding hydrogens is 434 g/mol. The van der Waals surface area contributed by atoms with Crippen molar-refractivity contribution in [2.45, 2.75) is 82.7 Å². The van der Waals surface area contributed by atoms with Crippen LogP contribution in [0.5, 0.6) is 0 Å². The highest BCUT2D eigenvalue weighted by atomic mass is 32.2. The lowest BCUT2D eigenvalue weighted by molar-refractivity contribution is 0.124. The average Bonchev–Trinajstić information content (AvgIpc) is 2.78. The van der Waals surface area contributed by atoms with Gasteiger partial charge in [0.15, 0.2) is 0 Å². The summed E-state index contributed by atoms with van der Waals surface area (Å²) < 4.78 is 15.0. The van der Waals surface area contributed by atoms with Crippen LogP contribution >= 0.6 is 12.0 Å². The molecule has 0 aromatic rings. The predicted molar refractivity (Wildman–Crippen MR) is 123 cm³/mol. The SMILES string of the molecule is CNC(=O)OCCCCOC(=O)NC1CCC(CC2CCC(NC(=O)OSC)CC2)CC1. The molecule has 0 heterocycles. The number of ether oxygens (including phenoxy) is 2. The fraction of sp³-hybridized carbons (Fsp3) is 0.864. The van der Waals surface area contributed by atoms with E-state index >= 15 is 0 Å². The van der Waals surface area contributed by atoms with Crippen LogP contribution in [0.15, 0.2) is 0 Å². The van der Waals surface area contributed by atoms with Crippen LogP contribution in [-0.4, -0.2) is 56.9 Å². The van der Waals surface area contributed by atoms with Crippen LogP contribution in [0.2, 0.25) is 0 Å². The molecule has 10 heteroatoms. The number of hydrogen-bond acceptors (Lipinski definition) is 7. The summed E-state index contributed by atoms with van der Waals surface area (Å²) in [6.07, 6.45) is 11.8. The Labute approximate surface area is 195 Å². The molecule has 0 atom stereocenters. The van der Waals surface area contributed by atoms with Gasteiger partial charge in [-0.15, -0.1) is 0 Å². The standard InChI is InChI=1S/C22H39N3O6S/c1-23-20(26)29-13-3-4-14-30-21(27)24-18-9-5-16(6-10-18)15-17-7-11-19(12-8-17)25-22(28)31-32-2/h16-19H,3-15H2,1-2H3,(H,23,26)(H,24,27)(H,25,28). The molecule has 0 saturated heterocycles. The van der Waals surface area contributed by atoms with Gasteiger partial charge in [0, 0.05) is 25.4 Å². The lowest BCUT2D eigenvalue weighted by Gasteiger charge is -2.34. The molecule has 0 bridgehead atoms. The van der Waals surface area contributed by atoms with Gasteiger partial charge in [0.05, 0.1) is 25.3 Å². The van der Waals surface area contributed by atoms with Crippen molar-refractivity contribution < 1.29 is 28.0 Å². The van der Waals surface area contributed by atoms with Crippen LogP contribution in [0, 0.1) is 11.8 Å². The van der Waals surface area contributed by atoms with Crippen molar-refractivity contribution in [1.82, 2.24) is 16.0 Å². The number of hydrogen-bond donors (Lipinski definition) is 3. The van der Waals surface area contributed by atoms with E-state index in [1.807, 2.05) is 0 Å². The van der Waals surface area contributed by atoms with Crippen LogP contribution in [0.3, 0.4) is 0 Å². The second-order valence-electron chi connectivity index (χ2n) is 8.73. The van der Waals surface area contributed by atoms with Crippen molar-refractivity contribution in [1.29, 1.82) is 0 Å². The van der Waals surface area contributed by atoms with E-state index in [1.54, 1.807) is 6.26 Å². The summed E-state index contributed by atoms with van der Waals surface area (Å²) in [5.41, 5.74) is 0. The van der Waals surface area contributed by atoms with Gasteiger partial charge in [-0.05, 0) is 82.5 Å². The van der Waals surface area contributed by atoms with Crippen LogP contribution in [0.4, 0.5) is 14.4 Å². The number of carbonyl (C=O) groups is 3. The maximum absolute atomic E-state index is 12.0. The summed E-state index contributed by atoms with van der Waals surface area (Å²) in [5, 5.41) is 8.31. The van der Waals surface area contributed by atoms with Crippen LogP contribution < -0.4 is 16.0 Å². The van der Waals surface area contributed by atoms with Gasteiger partial charge >= 0.3 is 18.3 Å². The first-order chi connectivity index (χ1) is 15.5. The maximum atomic E-state index is 12.0. The van der Waals surface area contributed by atoms with Gasteiger partial charge < -0.3 is 29.6 Å². The molecular formula is C22H39N3O6S. The fourth-order valence-electron chi connectivity index (χ4n) is 4.64. The lowest BCUT2D eigenvalue weighted by atomic mass is 9.76. The first kappa shape index (κ1) is 26.4. The van der Waals surface area contributed by atoms with Crippen molar-refractivity contribution in [3.8, 4) is 0 Å². The minimum atomic E-state index is -0.447. The van der Waals surface area contributed by atoms with E-state index in [2.05, 4.69) is 16.0 Å². The molecule has 0 aromatic heterocycles. The van der Waals surface area contributed by atoms with Gasteiger partial charge in [-0.25, -0.2) is 14.4 Å². The number of amides is 3. The molecule has 0 aliphatic heterocycles. The fourth-order valence-corrected chi connectivity index (χ4v) is 4.84. The van der Waals surface area contributed by atoms with E-state index in [0.717, 1.165) is 75.2 Å². The summed E-state index contributed by atoms with van der Waals surface area (Å²) >= 11 is 1.07. The largest absolute Gasteiger partial charge is 0.450 e. The number of alkyl carbamates (subject to hydrolysis) is 2. The van der Waals surface area contributed by atoms with E-state index in [4.69, 9.17) is 13.7 Å². The van der Waals surface area contributed by atoms with Crippen molar-refractivity contribution >= 4 is 30.3 Å². The zero-order valence-electron chi connectivity index (χ0n) is 19.4. The van der Waals surface area contributed by atoms with Crippen molar-refractivity contribution in [2.24, 2.45) is 11.8 Å². The minimum Gasteiger partial charge on any atom is -0.450 e. The Hall–Kier alpha value is -1.84. The Morgan fingerprint density at radius 1 is 0.750 bits per heavy atom. The van der Waals surface area contributed by atoms with Crippen molar-refractivity contribution in [2.75, 3.05) is 26.5 Å². The van der Waals surface area contributed by atoms with Gasteiger partial charge in [-0.1, -0.05) is 0 Å². The molecule has 2 fully saturated rings. The zero-order chi connectivity index (χ0) is 23.2. The number of nitrogens with one attached hydrogen (secondary N) is 3. The maximum Gasteiger partial charge on any atom is 0.419 e. The molecule has 2 saturated carbocycles. The van der Waals surface area contributed by atoms with E-state index < -0.39 is 6.09 Å². The third-order valence-corrected chi connectivity index (χ3v) is 6.69. The second-order valence-corrected chi connectivity index (χ2v) is 9.23.